The molecule has 4 rings (SSSR count). The molecule has 27 heavy (non-hydrogen) atoms. The number of sulfonamides is 1. The minimum Gasteiger partial charge on any atom is -0.349 e. The van der Waals surface area contributed by atoms with E-state index in [0.29, 0.717) is 17.2 Å². The highest BCUT2D eigenvalue weighted by atomic mass is 32.2. The molecule has 3 atom stereocenters. The molecule has 0 heterocycles. The Morgan fingerprint density at radius 1 is 1.04 bits per heavy atom. The Hall–Kier alpha value is -2.34. The van der Waals surface area contributed by atoms with Crippen molar-refractivity contribution in [2.75, 3.05) is 4.72 Å². The minimum absolute atomic E-state index is 0.0867. The van der Waals surface area contributed by atoms with Crippen LogP contribution in [0.15, 0.2) is 53.4 Å². The van der Waals surface area contributed by atoms with Gasteiger partial charge in [0.1, 0.15) is 0 Å². The Bertz CT molecular complexity index is 954. The lowest BCUT2D eigenvalue weighted by molar-refractivity contribution is 0.0922. The van der Waals surface area contributed by atoms with Gasteiger partial charge in [0.15, 0.2) is 0 Å². The molecule has 2 bridgehead atoms. The standard InChI is InChI=1S/C21H24N2O3S/c1-14-5-9-18(10-6-14)23-27(25,26)19-4-2-3-17(13-19)21(24)22-20-12-15-7-8-16(20)11-15/h2-6,9-10,13,15-16,20,23H,7-8,11-12H2,1H3,(H,22,24)/t15-,16-,20-/m1/s1. The minimum atomic E-state index is -3.75. The summed E-state index contributed by atoms with van der Waals surface area (Å²) in [6.45, 7) is 1.94. The normalized spacial score (nSPS) is 24.0. The second kappa shape index (κ2) is 7.00. The molecule has 0 radical (unpaired) electrons. The zero-order valence-electron chi connectivity index (χ0n) is 15.3. The lowest BCUT2D eigenvalue weighted by atomic mass is 9.95. The molecule has 2 aromatic rings. The molecule has 6 heteroatoms. The van der Waals surface area contributed by atoms with Gasteiger partial charge in [0.05, 0.1) is 4.90 Å². The van der Waals surface area contributed by atoms with Crippen LogP contribution in [0.2, 0.25) is 0 Å². The van der Waals surface area contributed by atoms with Gasteiger partial charge in [-0.1, -0.05) is 30.2 Å². The van der Waals surface area contributed by atoms with E-state index in [9.17, 15) is 13.2 Å². The number of carbonyl (C=O) groups excluding carboxylic acids is 1. The molecular formula is C21H24N2O3S. The molecule has 142 valence electrons. The SMILES string of the molecule is Cc1ccc(NS(=O)(=O)c2cccc(C(=O)N[C@@H]3C[C@@H]4CC[C@@H]3C4)c2)cc1. The number of nitrogens with one attached hydrogen (secondary N) is 2. The summed E-state index contributed by atoms with van der Waals surface area (Å²) in [5, 5.41) is 3.11. The third-order valence-corrected chi connectivity index (χ3v) is 7.14. The maximum atomic E-state index is 12.7. The summed E-state index contributed by atoms with van der Waals surface area (Å²) >= 11 is 0. The highest BCUT2D eigenvalue weighted by Crippen LogP contribution is 2.44. The topological polar surface area (TPSA) is 75.3 Å². The van der Waals surface area contributed by atoms with Gasteiger partial charge in [0.25, 0.3) is 15.9 Å². The van der Waals surface area contributed by atoms with Gasteiger partial charge in [-0.25, -0.2) is 8.42 Å². The first kappa shape index (κ1) is 18.0. The van der Waals surface area contributed by atoms with Crippen LogP contribution in [0.5, 0.6) is 0 Å². The second-order valence-electron chi connectivity index (χ2n) is 7.75. The molecule has 1 amide bonds. The number of aryl methyl sites for hydroxylation is 1. The molecule has 0 spiro atoms. The molecular weight excluding hydrogens is 360 g/mol. The molecule has 2 aliphatic carbocycles. The first-order valence-corrected chi connectivity index (χ1v) is 10.9. The van der Waals surface area contributed by atoms with Gasteiger partial charge >= 0.3 is 0 Å². The highest BCUT2D eigenvalue weighted by Gasteiger charge is 2.40. The van der Waals surface area contributed by atoms with Crippen LogP contribution in [0.25, 0.3) is 0 Å². The van der Waals surface area contributed by atoms with Crippen molar-refractivity contribution in [3.8, 4) is 0 Å². The van der Waals surface area contributed by atoms with Crippen molar-refractivity contribution >= 4 is 21.6 Å². The van der Waals surface area contributed by atoms with E-state index in [-0.39, 0.29) is 16.8 Å². The fourth-order valence-electron chi connectivity index (χ4n) is 4.31. The third-order valence-electron chi connectivity index (χ3n) is 5.76. The van der Waals surface area contributed by atoms with Crippen molar-refractivity contribution in [1.29, 1.82) is 0 Å². The van der Waals surface area contributed by atoms with Crippen LogP contribution in [-0.2, 0) is 10.0 Å². The number of anilines is 1. The predicted molar refractivity (Wildman–Crippen MR) is 105 cm³/mol. The summed E-state index contributed by atoms with van der Waals surface area (Å²) in [6.07, 6.45) is 4.71. The van der Waals surface area contributed by atoms with Crippen LogP contribution < -0.4 is 10.0 Å². The quantitative estimate of drug-likeness (QED) is 0.825. The average molecular weight is 385 g/mol. The van der Waals surface area contributed by atoms with Crippen molar-refractivity contribution in [2.24, 2.45) is 11.8 Å². The largest absolute Gasteiger partial charge is 0.349 e. The van der Waals surface area contributed by atoms with E-state index in [1.807, 2.05) is 19.1 Å². The lowest BCUT2D eigenvalue weighted by Crippen LogP contribution is -2.38. The molecule has 0 aliphatic heterocycles. The van der Waals surface area contributed by atoms with Crippen LogP contribution in [0.4, 0.5) is 5.69 Å². The summed E-state index contributed by atoms with van der Waals surface area (Å²) in [5.74, 6) is 1.12. The first-order chi connectivity index (χ1) is 12.9. The van der Waals surface area contributed by atoms with Crippen LogP contribution >= 0.6 is 0 Å². The predicted octanol–water partition coefficient (Wildman–Crippen LogP) is 3.71. The number of carbonyl (C=O) groups is 1. The van der Waals surface area contributed by atoms with Crippen molar-refractivity contribution in [3.63, 3.8) is 0 Å². The number of fused-ring (bicyclic) bond motifs is 2. The Balaban J connectivity index is 1.49. The Morgan fingerprint density at radius 3 is 2.48 bits per heavy atom. The molecule has 2 aliphatic rings. The van der Waals surface area contributed by atoms with E-state index < -0.39 is 10.0 Å². The molecule has 2 fully saturated rings. The summed E-state index contributed by atoms with van der Waals surface area (Å²) in [5.41, 5.74) is 1.93. The summed E-state index contributed by atoms with van der Waals surface area (Å²) < 4.78 is 27.9. The molecule has 0 saturated heterocycles. The van der Waals surface area contributed by atoms with Crippen molar-refractivity contribution in [1.82, 2.24) is 5.32 Å². The summed E-state index contributed by atoms with van der Waals surface area (Å²) in [7, 11) is -3.75. The molecule has 0 unspecified atom stereocenters. The Morgan fingerprint density at radius 2 is 1.81 bits per heavy atom. The molecule has 2 aromatic carbocycles. The molecule has 2 saturated carbocycles. The van der Waals surface area contributed by atoms with Crippen LogP contribution in [0, 0.1) is 18.8 Å². The van der Waals surface area contributed by atoms with E-state index in [1.165, 1.54) is 31.4 Å². The summed E-state index contributed by atoms with van der Waals surface area (Å²) in [4.78, 5) is 12.7. The lowest BCUT2D eigenvalue weighted by Gasteiger charge is -2.23. The van der Waals surface area contributed by atoms with E-state index in [4.69, 9.17) is 0 Å². The first-order valence-electron chi connectivity index (χ1n) is 9.41. The van der Waals surface area contributed by atoms with Gasteiger partial charge in [-0.2, -0.15) is 0 Å². The molecule has 0 aromatic heterocycles. The van der Waals surface area contributed by atoms with E-state index >= 15 is 0 Å². The van der Waals surface area contributed by atoms with E-state index in [0.717, 1.165) is 17.9 Å². The fraction of sp³-hybridized carbons (Fsp3) is 0.381. The van der Waals surface area contributed by atoms with Crippen LogP contribution in [0.1, 0.15) is 41.6 Å². The van der Waals surface area contributed by atoms with Gasteiger partial charge in [-0.15, -0.1) is 0 Å². The zero-order valence-corrected chi connectivity index (χ0v) is 16.1. The molecule has 2 N–H and O–H groups in total. The van der Waals surface area contributed by atoms with Crippen LogP contribution in [-0.4, -0.2) is 20.4 Å². The highest BCUT2D eigenvalue weighted by molar-refractivity contribution is 7.92. The average Bonchev–Trinajstić information content (AvgIpc) is 3.27. The number of hydrogen-bond donors (Lipinski definition) is 2. The monoisotopic (exact) mass is 384 g/mol. The number of benzene rings is 2. The van der Waals surface area contributed by atoms with Crippen molar-refractivity contribution < 1.29 is 13.2 Å². The van der Waals surface area contributed by atoms with Crippen molar-refractivity contribution in [3.05, 3.63) is 59.7 Å². The van der Waals surface area contributed by atoms with Gasteiger partial charge < -0.3 is 5.32 Å². The molecule has 5 nitrogen and oxygen atoms in total. The Labute approximate surface area is 160 Å². The fourth-order valence-corrected chi connectivity index (χ4v) is 5.42. The second-order valence-corrected chi connectivity index (χ2v) is 9.44. The van der Waals surface area contributed by atoms with Crippen LogP contribution in [0.3, 0.4) is 0 Å². The maximum Gasteiger partial charge on any atom is 0.261 e. The number of amides is 1. The van der Waals surface area contributed by atoms with Gasteiger partial charge in [0.2, 0.25) is 0 Å². The van der Waals surface area contributed by atoms with Crippen molar-refractivity contribution in [2.45, 2.75) is 43.5 Å². The number of hydrogen-bond acceptors (Lipinski definition) is 3. The van der Waals surface area contributed by atoms with E-state index in [1.54, 1.807) is 24.3 Å². The summed E-state index contributed by atoms with van der Waals surface area (Å²) in [6, 6.07) is 13.6. The van der Waals surface area contributed by atoms with Gasteiger partial charge in [-0.3, -0.25) is 9.52 Å². The zero-order chi connectivity index (χ0) is 19.0. The number of rotatable bonds is 5. The third kappa shape index (κ3) is 3.86. The van der Waals surface area contributed by atoms with Gasteiger partial charge in [-0.05, 0) is 68.4 Å². The smallest absolute Gasteiger partial charge is 0.261 e. The van der Waals surface area contributed by atoms with Gasteiger partial charge in [0, 0.05) is 17.3 Å². The van der Waals surface area contributed by atoms with E-state index in [2.05, 4.69) is 10.0 Å². The maximum absolute atomic E-state index is 12.7. The Kier molecular flexibility index (Phi) is 4.68.